The van der Waals surface area contributed by atoms with Gasteiger partial charge in [0.15, 0.2) is 0 Å². The average Bonchev–Trinajstić information content (AvgIpc) is 2.73. The summed E-state index contributed by atoms with van der Waals surface area (Å²) in [7, 11) is 0. The lowest BCUT2D eigenvalue weighted by Gasteiger charge is -2.04. The molecule has 0 amide bonds. The highest BCUT2D eigenvalue weighted by molar-refractivity contribution is 5.89. The van der Waals surface area contributed by atoms with E-state index in [0.29, 0.717) is 6.54 Å². The molecule has 1 aromatic heterocycles. The third kappa shape index (κ3) is 2.51. The second-order valence-electron chi connectivity index (χ2n) is 3.75. The fourth-order valence-corrected chi connectivity index (χ4v) is 1.62. The number of rotatable bonds is 4. The Bertz CT molecular complexity index is 534. The number of imidazole rings is 1. The molecular formula is C13H14N2O3. The van der Waals surface area contributed by atoms with E-state index in [0.717, 1.165) is 5.56 Å². The number of carbonyl (C=O) groups is 1. The van der Waals surface area contributed by atoms with Crippen molar-refractivity contribution in [3.8, 4) is 5.88 Å². The summed E-state index contributed by atoms with van der Waals surface area (Å²) in [6, 6.07) is 9.61. The van der Waals surface area contributed by atoms with Crippen LogP contribution in [-0.4, -0.2) is 27.2 Å². The third-order valence-electron chi connectivity index (χ3n) is 2.47. The van der Waals surface area contributed by atoms with Crippen molar-refractivity contribution in [1.82, 2.24) is 9.55 Å². The lowest BCUT2D eigenvalue weighted by atomic mass is 10.2. The van der Waals surface area contributed by atoms with E-state index in [2.05, 4.69) is 4.98 Å². The summed E-state index contributed by atoms with van der Waals surface area (Å²) >= 11 is 0. The predicted molar refractivity (Wildman–Crippen MR) is 65.4 cm³/mol. The molecule has 5 nitrogen and oxygen atoms in total. The molecule has 1 heterocycles. The van der Waals surface area contributed by atoms with E-state index in [9.17, 15) is 9.90 Å². The van der Waals surface area contributed by atoms with Crippen LogP contribution in [0.5, 0.6) is 5.88 Å². The number of ether oxygens (including phenoxy) is 1. The van der Waals surface area contributed by atoms with Gasteiger partial charge in [0.1, 0.15) is 0 Å². The maximum atomic E-state index is 11.5. The number of carbonyl (C=O) groups excluding carboxylic acids is 1. The molecule has 5 heteroatoms. The van der Waals surface area contributed by atoms with Crippen molar-refractivity contribution >= 4 is 5.97 Å². The van der Waals surface area contributed by atoms with Gasteiger partial charge in [0.05, 0.1) is 19.5 Å². The van der Waals surface area contributed by atoms with Crippen molar-refractivity contribution in [3.63, 3.8) is 0 Å². The third-order valence-corrected chi connectivity index (χ3v) is 2.47. The normalized spacial score (nSPS) is 10.3. The van der Waals surface area contributed by atoms with Gasteiger partial charge in [-0.2, -0.15) is 0 Å². The Labute approximate surface area is 105 Å². The van der Waals surface area contributed by atoms with Gasteiger partial charge in [-0.1, -0.05) is 30.3 Å². The Morgan fingerprint density at radius 2 is 2.11 bits per heavy atom. The second kappa shape index (κ2) is 5.35. The first-order valence-electron chi connectivity index (χ1n) is 5.67. The van der Waals surface area contributed by atoms with Gasteiger partial charge in [0.2, 0.25) is 11.6 Å². The van der Waals surface area contributed by atoms with E-state index in [1.54, 1.807) is 6.92 Å². The summed E-state index contributed by atoms with van der Waals surface area (Å²) in [4.78, 5) is 15.3. The standard InChI is InChI=1S/C13H14N2O3/c1-2-18-13(17)11-12(16)15(9-14-11)8-10-6-4-3-5-7-10/h3-7,9,16H,2,8H2,1H3. The number of hydrogen-bond donors (Lipinski definition) is 1. The topological polar surface area (TPSA) is 64.3 Å². The molecule has 0 fully saturated rings. The van der Waals surface area contributed by atoms with Crippen molar-refractivity contribution in [2.24, 2.45) is 0 Å². The van der Waals surface area contributed by atoms with Crippen molar-refractivity contribution in [3.05, 3.63) is 47.9 Å². The highest BCUT2D eigenvalue weighted by Crippen LogP contribution is 2.18. The fourth-order valence-electron chi connectivity index (χ4n) is 1.62. The summed E-state index contributed by atoms with van der Waals surface area (Å²) < 4.78 is 6.30. The van der Waals surface area contributed by atoms with Crippen LogP contribution in [0.4, 0.5) is 0 Å². The molecule has 0 aliphatic heterocycles. The maximum Gasteiger partial charge on any atom is 0.362 e. The van der Waals surface area contributed by atoms with E-state index < -0.39 is 5.97 Å². The van der Waals surface area contributed by atoms with E-state index in [4.69, 9.17) is 4.74 Å². The molecule has 0 saturated carbocycles. The highest BCUT2D eigenvalue weighted by Gasteiger charge is 2.18. The summed E-state index contributed by atoms with van der Waals surface area (Å²) in [6.07, 6.45) is 1.43. The largest absolute Gasteiger partial charge is 0.493 e. The van der Waals surface area contributed by atoms with Gasteiger partial charge >= 0.3 is 5.97 Å². The fraction of sp³-hybridized carbons (Fsp3) is 0.231. The van der Waals surface area contributed by atoms with Crippen LogP contribution < -0.4 is 0 Å². The number of hydrogen-bond acceptors (Lipinski definition) is 4. The van der Waals surface area contributed by atoms with Crippen LogP contribution in [0.1, 0.15) is 23.0 Å². The molecule has 0 spiro atoms. The zero-order valence-corrected chi connectivity index (χ0v) is 10.0. The van der Waals surface area contributed by atoms with Crippen LogP contribution in [0.3, 0.4) is 0 Å². The number of aromatic hydroxyl groups is 1. The van der Waals surface area contributed by atoms with Crippen molar-refractivity contribution in [1.29, 1.82) is 0 Å². The van der Waals surface area contributed by atoms with Gasteiger partial charge in [-0.05, 0) is 12.5 Å². The first-order valence-corrected chi connectivity index (χ1v) is 5.67. The number of nitrogens with zero attached hydrogens (tertiary/aromatic N) is 2. The maximum absolute atomic E-state index is 11.5. The van der Waals surface area contributed by atoms with Gasteiger partial charge in [-0.15, -0.1) is 0 Å². The lowest BCUT2D eigenvalue weighted by Crippen LogP contribution is -2.06. The number of aromatic nitrogens is 2. The van der Waals surface area contributed by atoms with E-state index in [1.165, 1.54) is 10.9 Å². The molecule has 18 heavy (non-hydrogen) atoms. The van der Waals surface area contributed by atoms with Gasteiger partial charge < -0.3 is 9.84 Å². The molecule has 2 rings (SSSR count). The Morgan fingerprint density at radius 3 is 2.78 bits per heavy atom. The Balaban J connectivity index is 2.18. The van der Waals surface area contributed by atoms with Crippen LogP contribution in [0, 0.1) is 0 Å². The molecule has 1 N–H and O–H groups in total. The summed E-state index contributed by atoms with van der Waals surface area (Å²) in [5.41, 5.74) is 0.966. The zero-order valence-electron chi connectivity index (χ0n) is 10.0. The van der Waals surface area contributed by atoms with E-state index in [-0.39, 0.29) is 18.2 Å². The summed E-state index contributed by atoms with van der Waals surface area (Å²) in [5.74, 6) is -0.779. The molecule has 0 radical (unpaired) electrons. The quantitative estimate of drug-likeness (QED) is 0.836. The monoisotopic (exact) mass is 246 g/mol. The van der Waals surface area contributed by atoms with Crippen LogP contribution >= 0.6 is 0 Å². The molecule has 0 aliphatic rings. The summed E-state index contributed by atoms with van der Waals surface area (Å²) in [6.45, 7) is 2.42. The molecule has 0 unspecified atom stereocenters. The van der Waals surface area contributed by atoms with Crippen LogP contribution in [0.25, 0.3) is 0 Å². The zero-order chi connectivity index (χ0) is 13.0. The number of benzene rings is 1. The smallest absolute Gasteiger partial charge is 0.362 e. The van der Waals surface area contributed by atoms with Crippen LogP contribution in [-0.2, 0) is 11.3 Å². The Morgan fingerprint density at radius 1 is 1.39 bits per heavy atom. The van der Waals surface area contributed by atoms with Crippen molar-refractivity contribution < 1.29 is 14.6 Å². The van der Waals surface area contributed by atoms with Gasteiger partial charge in [-0.25, -0.2) is 9.78 Å². The van der Waals surface area contributed by atoms with Gasteiger partial charge in [-0.3, -0.25) is 4.57 Å². The minimum atomic E-state index is -0.609. The van der Waals surface area contributed by atoms with Gasteiger partial charge in [0.25, 0.3) is 0 Å². The molecule has 94 valence electrons. The second-order valence-corrected chi connectivity index (χ2v) is 3.75. The number of esters is 1. The summed E-state index contributed by atoms with van der Waals surface area (Å²) in [5, 5.41) is 9.89. The van der Waals surface area contributed by atoms with Crippen LogP contribution in [0.2, 0.25) is 0 Å². The molecular weight excluding hydrogens is 232 g/mol. The minimum Gasteiger partial charge on any atom is -0.493 e. The molecule has 0 atom stereocenters. The van der Waals surface area contributed by atoms with E-state index >= 15 is 0 Å². The Hall–Kier alpha value is -2.30. The predicted octanol–water partition coefficient (Wildman–Crippen LogP) is 1.81. The molecule has 1 aromatic carbocycles. The molecule has 2 aromatic rings. The van der Waals surface area contributed by atoms with Crippen LogP contribution in [0.15, 0.2) is 36.7 Å². The SMILES string of the molecule is CCOC(=O)c1ncn(Cc2ccccc2)c1O. The molecule has 0 saturated heterocycles. The first-order chi connectivity index (χ1) is 8.72. The first kappa shape index (κ1) is 12.2. The van der Waals surface area contributed by atoms with Crippen molar-refractivity contribution in [2.45, 2.75) is 13.5 Å². The van der Waals surface area contributed by atoms with Crippen molar-refractivity contribution in [2.75, 3.05) is 6.61 Å². The lowest BCUT2D eigenvalue weighted by molar-refractivity contribution is 0.0516. The minimum absolute atomic E-state index is 0.0484. The van der Waals surface area contributed by atoms with E-state index in [1.807, 2.05) is 30.3 Å². The highest BCUT2D eigenvalue weighted by atomic mass is 16.5. The molecule has 0 aliphatic carbocycles. The Kier molecular flexibility index (Phi) is 3.62. The average molecular weight is 246 g/mol. The molecule has 0 bridgehead atoms. The van der Waals surface area contributed by atoms with Gasteiger partial charge in [0, 0.05) is 0 Å².